The number of carboxylic acids is 1. The van der Waals surface area contributed by atoms with Crippen molar-refractivity contribution in [3.63, 3.8) is 0 Å². The molecule has 0 bridgehead atoms. The Morgan fingerprint density at radius 2 is 2.23 bits per heavy atom. The summed E-state index contributed by atoms with van der Waals surface area (Å²) in [5.41, 5.74) is 0.283. The van der Waals surface area contributed by atoms with Crippen LogP contribution in [0.2, 0.25) is 0 Å². The van der Waals surface area contributed by atoms with Crippen molar-refractivity contribution in [2.24, 2.45) is 0 Å². The molecule has 0 spiro atoms. The maximum absolute atomic E-state index is 10.4. The summed E-state index contributed by atoms with van der Waals surface area (Å²) in [6.07, 6.45) is 3.50. The van der Waals surface area contributed by atoms with Crippen LogP contribution in [0.4, 0.5) is 0 Å². The van der Waals surface area contributed by atoms with Crippen LogP contribution in [0.15, 0.2) is 12.2 Å². The third-order valence-electron chi connectivity index (χ3n) is 2.10. The van der Waals surface area contributed by atoms with Gasteiger partial charge in [0.2, 0.25) is 0 Å². The Labute approximate surface area is 79.4 Å². The first-order valence-corrected chi connectivity index (χ1v) is 4.55. The van der Waals surface area contributed by atoms with Crippen molar-refractivity contribution < 1.29 is 14.6 Å². The van der Waals surface area contributed by atoms with Gasteiger partial charge in [-0.25, -0.2) is 4.79 Å². The molecule has 3 heteroatoms. The SMILES string of the molecule is C=C(CCCC(CC)OC)C(=O)O. The van der Waals surface area contributed by atoms with Crippen molar-refractivity contribution in [1.29, 1.82) is 0 Å². The van der Waals surface area contributed by atoms with Crippen molar-refractivity contribution in [1.82, 2.24) is 0 Å². The molecule has 0 saturated heterocycles. The summed E-state index contributed by atoms with van der Waals surface area (Å²) in [4.78, 5) is 10.4. The average Bonchev–Trinajstić information content (AvgIpc) is 2.12. The van der Waals surface area contributed by atoms with Gasteiger partial charge >= 0.3 is 5.97 Å². The van der Waals surface area contributed by atoms with E-state index in [9.17, 15) is 4.79 Å². The van der Waals surface area contributed by atoms with Gasteiger partial charge < -0.3 is 9.84 Å². The van der Waals surface area contributed by atoms with E-state index in [-0.39, 0.29) is 11.7 Å². The molecule has 0 fully saturated rings. The van der Waals surface area contributed by atoms with Crippen LogP contribution in [0.5, 0.6) is 0 Å². The standard InChI is InChI=1S/C10H18O3/c1-4-9(13-3)7-5-6-8(2)10(11)12/h9H,2,4-7H2,1,3H3,(H,11,12). The summed E-state index contributed by atoms with van der Waals surface area (Å²) >= 11 is 0. The van der Waals surface area contributed by atoms with Crippen LogP contribution < -0.4 is 0 Å². The monoisotopic (exact) mass is 186 g/mol. The molecule has 0 radical (unpaired) electrons. The first kappa shape index (κ1) is 12.2. The molecule has 0 aromatic carbocycles. The largest absolute Gasteiger partial charge is 0.478 e. The summed E-state index contributed by atoms with van der Waals surface area (Å²) in [5.74, 6) is -0.898. The average molecular weight is 186 g/mol. The third-order valence-corrected chi connectivity index (χ3v) is 2.10. The van der Waals surface area contributed by atoms with Crippen LogP contribution in [0, 0.1) is 0 Å². The van der Waals surface area contributed by atoms with Gasteiger partial charge in [0.05, 0.1) is 6.10 Å². The van der Waals surface area contributed by atoms with E-state index in [1.807, 2.05) is 0 Å². The van der Waals surface area contributed by atoms with Gasteiger partial charge in [0.25, 0.3) is 0 Å². The highest BCUT2D eigenvalue weighted by atomic mass is 16.5. The van der Waals surface area contributed by atoms with E-state index in [1.54, 1.807) is 7.11 Å². The molecule has 76 valence electrons. The van der Waals surface area contributed by atoms with Crippen LogP contribution in [-0.4, -0.2) is 24.3 Å². The second kappa shape index (κ2) is 6.66. The number of aliphatic carboxylic acids is 1. The summed E-state index contributed by atoms with van der Waals surface area (Å²) < 4.78 is 5.16. The first-order chi connectivity index (χ1) is 6.11. The van der Waals surface area contributed by atoms with Gasteiger partial charge in [-0.05, 0) is 25.7 Å². The minimum atomic E-state index is -0.898. The highest BCUT2D eigenvalue weighted by molar-refractivity contribution is 5.85. The maximum Gasteiger partial charge on any atom is 0.330 e. The predicted octanol–water partition coefficient (Wildman–Crippen LogP) is 2.22. The molecular formula is C10H18O3. The zero-order chi connectivity index (χ0) is 10.3. The molecule has 0 aromatic rings. The van der Waals surface area contributed by atoms with Gasteiger partial charge in [0, 0.05) is 12.7 Å². The van der Waals surface area contributed by atoms with Crippen LogP contribution in [0.1, 0.15) is 32.6 Å². The lowest BCUT2D eigenvalue weighted by Gasteiger charge is -2.11. The molecule has 0 aliphatic carbocycles. The van der Waals surface area contributed by atoms with Gasteiger partial charge in [-0.1, -0.05) is 13.5 Å². The lowest BCUT2D eigenvalue weighted by molar-refractivity contribution is -0.132. The molecule has 0 amide bonds. The molecule has 1 atom stereocenters. The molecule has 0 aliphatic rings. The van der Waals surface area contributed by atoms with Crippen molar-refractivity contribution in [3.05, 3.63) is 12.2 Å². The topological polar surface area (TPSA) is 46.5 Å². The third kappa shape index (κ3) is 5.42. The first-order valence-electron chi connectivity index (χ1n) is 4.55. The van der Waals surface area contributed by atoms with E-state index < -0.39 is 5.97 Å². The lowest BCUT2D eigenvalue weighted by Crippen LogP contribution is -2.09. The zero-order valence-corrected chi connectivity index (χ0v) is 8.38. The minimum Gasteiger partial charge on any atom is -0.478 e. The fraction of sp³-hybridized carbons (Fsp3) is 0.700. The number of methoxy groups -OCH3 is 1. The molecule has 1 N–H and O–H groups in total. The van der Waals surface area contributed by atoms with Gasteiger partial charge in [-0.3, -0.25) is 0 Å². The van der Waals surface area contributed by atoms with E-state index in [0.717, 1.165) is 19.3 Å². The Morgan fingerprint density at radius 1 is 1.62 bits per heavy atom. The predicted molar refractivity (Wildman–Crippen MR) is 51.7 cm³/mol. The Morgan fingerprint density at radius 3 is 2.62 bits per heavy atom. The smallest absolute Gasteiger partial charge is 0.330 e. The number of carbonyl (C=O) groups is 1. The van der Waals surface area contributed by atoms with Crippen molar-refractivity contribution in [2.45, 2.75) is 38.7 Å². The van der Waals surface area contributed by atoms with Crippen molar-refractivity contribution in [3.8, 4) is 0 Å². The molecule has 3 nitrogen and oxygen atoms in total. The van der Waals surface area contributed by atoms with E-state index in [4.69, 9.17) is 9.84 Å². The van der Waals surface area contributed by atoms with E-state index in [2.05, 4.69) is 13.5 Å². The number of ether oxygens (including phenoxy) is 1. The zero-order valence-electron chi connectivity index (χ0n) is 8.38. The van der Waals surface area contributed by atoms with Crippen LogP contribution in [0.25, 0.3) is 0 Å². The Hall–Kier alpha value is -0.830. The number of hydrogen-bond donors (Lipinski definition) is 1. The van der Waals surface area contributed by atoms with E-state index in [0.29, 0.717) is 6.42 Å². The van der Waals surface area contributed by atoms with Crippen LogP contribution in [-0.2, 0) is 9.53 Å². The number of carboxylic acid groups (broad SMARTS) is 1. The highest BCUT2D eigenvalue weighted by Gasteiger charge is 2.07. The second-order valence-corrected chi connectivity index (χ2v) is 3.07. The molecule has 0 aromatic heterocycles. The minimum absolute atomic E-state index is 0.251. The summed E-state index contributed by atoms with van der Waals surface area (Å²) in [6, 6.07) is 0. The van der Waals surface area contributed by atoms with E-state index in [1.165, 1.54) is 0 Å². The summed E-state index contributed by atoms with van der Waals surface area (Å²) in [7, 11) is 1.68. The molecule has 0 rings (SSSR count). The van der Waals surface area contributed by atoms with E-state index >= 15 is 0 Å². The molecule has 1 unspecified atom stereocenters. The number of hydrogen-bond acceptors (Lipinski definition) is 2. The van der Waals surface area contributed by atoms with Gasteiger partial charge in [-0.2, -0.15) is 0 Å². The highest BCUT2D eigenvalue weighted by Crippen LogP contribution is 2.11. The molecule has 0 aliphatic heterocycles. The normalized spacial score (nSPS) is 12.5. The summed E-state index contributed by atoms with van der Waals surface area (Å²) in [6.45, 7) is 5.52. The quantitative estimate of drug-likeness (QED) is 0.620. The van der Waals surface area contributed by atoms with Gasteiger partial charge in [-0.15, -0.1) is 0 Å². The Balaban J connectivity index is 3.54. The maximum atomic E-state index is 10.4. The van der Waals surface area contributed by atoms with Gasteiger partial charge in [0.1, 0.15) is 0 Å². The van der Waals surface area contributed by atoms with Crippen molar-refractivity contribution >= 4 is 5.97 Å². The Kier molecular flexibility index (Phi) is 6.24. The molecule has 0 heterocycles. The lowest BCUT2D eigenvalue weighted by atomic mass is 10.1. The van der Waals surface area contributed by atoms with Crippen molar-refractivity contribution in [2.75, 3.05) is 7.11 Å². The van der Waals surface area contributed by atoms with Crippen LogP contribution >= 0.6 is 0 Å². The van der Waals surface area contributed by atoms with Crippen LogP contribution in [0.3, 0.4) is 0 Å². The fourth-order valence-electron chi connectivity index (χ4n) is 1.14. The number of rotatable bonds is 7. The van der Waals surface area contributed by atoms with Gasteiger partial charge in [0.15, 0.2) is 0 Å². The second-order valence-electron chi connectivity index (χ2n) is 3.07. The molecule has 0 saturated carbocycles. The Bertz CT molecular complexity index is 171. The fourth-order valence-corrected chi connectivity index (χ4v) is 1.14. The molecule has 13 heavy (non-hydrogen) atoms. The summed E-state index contributed by atoms with van der Waals surface area (Å²) in [5, 5.41) is 8.53. The molecular weight excluding hydrogens is 168 g/mol.